The number of non-ortho nitro benzene ring substituents is 1. The van der Waals surface area contributed by atoms with Gasteiger partial charge in [0.05, 0.1) is 11.3 Å². The number of amides is 1. The van der Waals surface area contributed by atoms with Crippen LogP contribution in [0, 0.1) is 22.5 Å². The average molecular weight is 308 g/mol. The fraction of sp³-hybridized carbons (Fsp3) is 0.467. The van der Waals surface area contributed by atoms with Crippen molar-refractivity contribution in [3.05, 3.63) is 33.9 Å². The molecule has 7 nitrogen and oxygen atoms in total. The molecule has 0 saturated carbocycles. The van der Waals surface area contributed by atoms with Crippen LogP contribution in [-0.4, -0.2) is 23.4 Å². The predicted molar refractivity (Wildman–Crippen MR) is 81.5 cm³/mol. The van der Waals surface area contributed by atoms with E-state index >= 15 is 0 Å². The van der Waals surface area contributed by atoms with Gasteiger partial charge in [-0.15, -0.1) is 0 Å². The van der Waals surface area contributed by atoms with Gasteiger partial charge in [0.1, 0.15) is 0 Å². The summed E-state index contributed by atoms with van der Waals surface area (Å²) in [5, 5.41) is 13.2. The van der Waals surface area contributed by atoms with Crippen molar-refractivity contribution in [3.8, 4) is 0 Å². The van der Waals surface area contributed by atoms with Crippen LogP contribution in [0.3, 0.4) is 0 Å². The SMILES string of the molecule is Cc1cc([N+](=O)[O-])ccc1NC(=O)COC(=O)CC(C)(C)C. The van der Waals surface area contributed by atoms with E-state index in [9.17, 15) is 19.7 Å². The van der Waals surface area contributed by atoms with Crippen LogP contribution in [0.15, 0.2) is 18.2 Å². The Kier molecular flexibility index (Phi) is 5.62. The molecular weight excluding hydrogens is 288 g/mol. The van der Waals surface area contributed by atoms with E-state index in [-0.39, 0.29) is 24.1 Å². The zero-order valence-electron chi connectivity index (χ0n) is 13.1. The Morgan fingerprint density at radius 1 is 1.32 bits per heavy atom. The molecular formula is C15H20N2O5. The third-order valence-corrected chi connectivity index (χ3v) is 2.73. The number of anilines is 1. The third-order valence-electron chi connectivity index (χ3n) is 2.73. The Hall–Kier alpha value is -2.44. The van der Waals surface area contributed by atoms with Crippen molar-refractivity contribution in [2.24, 2.45) is 5.41 Å². The maximum Gasteiger partial charge on any atom is 0.306 e. The first-order valence-electron chi connectivity index (χ1n) is 6.79. The summed E-state index contributed by atoms with van der Waals surface area (Å²) < 4.78 is 4.89. The molecule has 0 bridgehead atoms. The maximum atomic E-state index is 11.7. The van der Waals surface area contributed by atoms with E-state index in [4.69, 9.17) is 4.74 Å². The van der Waals surface area contributed by atoms with Crippen LogP contribution in [0.5, 0.6) is 0 Å². The molecule has 0 spiro atoms. The molecule has 0 unspecified atom stereocenters. The van der Waals surface area contributed by atoms with Gasteiger partial charge in [0.25, 0.3) is 11.6 Å². The van der Waals surface area contributed by atoms with Crippen molar-refractivity contribution in [1.82, 2.24) is 0 Å². The van der Waals surface area contributed by atoms with E-state index in [0.29, 0.717) is 11.3 Å². The van der Waals surface area contributed by atoms with E-state index < -0.39 is 16.8 Å². The number of nitrogens with one attached hydrogen (secondary N) is 1. The van der Waals surface area contributed by atoms with Crippen LogP contribution < -0.4 is 5.32 Å². The number of esters is 1. The average Bonchev–Trinajstić information content (AvgIpc) is 2.36. The summed E-state index contributed by atoms with van der Waals surface area (Å²) in [7, 11) is 0. The van der Waals surface area contributed by atoms with E-state index in [1.54, 1.807) is 6.92 Å². The standard InChI is InChI=1S/C15H20N2O5/c1-10-7-11(17(20)21)5-6-12(10)16-13(18)9-22-14(19)8-15(2,3)4/h5-7H,8-9H2,1-4H3,(H,16,18). The summed E-state index contributed by atoms with van der Waals surface area (Å²) in [6.45, 7) is 6.96. The van der Waals surface area contributed by atoms with Gasteiger partial charge in [0.15, 0.2) is 6.61 Å². The third kappa shape index (κ3) is 5.90. The number of hydrogen-bond acceptors (Lipinski definition) is 5. The molecule has 0 fully saturated rings. The zero-order chi connectivity index (χ0) is 16.9. The van der Waals surface area contributed by atoms with E-state index in [2.05, 4.69) is 5.32 Å². The summed E-state index contributed by atoms with van der Waals surface area (Å²) >= 11 is 0. The van der Waals surface area contributed by atoms with Gasteiger partial charge >= 0.3 is 5.97 Å². The quantitative estimate of drug-likeness (QED) is 0.512. The number of hydrogen-bond donors (Lipinski definition) is 1. The smallest absolute Gasteiger partial charge is 0.306 e. The first-order valence-corrected chi connectivity index (χ1v) is 6.79. The van der Waals surface area contributed by atoms with Crippen LogP contribution in [0.4, 0.5) is 11.4 Å². The molecule has 0 aliphatic rings. The molecule has 1 rings (SSSR count). The molecule has 0 atom stereocenters. The Morgan fingerprint density at radius 3 is 2.45 bits per heavy atom. The van der Waals surface area contributed by atoms with Gasteiger partial charge in [-0.3, -0.25) is 19.7 Å². The highest BCUT2D eigenvalue weighted by Crippen LogP contribution is 2.21. The lowest BCUT2D eigenvalue weighted by Gasteiger charge is -2.16. The number of rotatable bonds is 5. The molecule has 0 aliphatic carbocycles. The lowest BCUT2D eigenvalue weighted by molar-refractivity contribution is -0.384. The Labute approximate surface area is 128 Å². The molecule has 0 aliphatic heterocycles. The summed E-state index contributed by atoms with van der Waals surface area (Å²) in [5.41, 5.74) is 0.751. The van der Waals surface area contributed by atoms with Crippen molar-refractivity contribution in [3.63, 3.8) is 0 Å². The highest BCUT2D eigenvalue weighted by atomic mass is 16.6. The molecule has 0 heterocycles. The number of benzene rings is 1. The molecule has 1 N–H and O–H groups in total. The van der Waals surface area contributed by atoms with E-state index in [0.717, 1.165) is 0 Å². The first kappa shape index (κ1) is 17.6. The maximum absolute atomic E-state index is 11.7. The number of ether oxygens (including phenoxy) is 1. The first-order chi connectivity index (χ1) is 10.1. The number of nitrogens with zero attached hydrogens (tertiary/aromatic N) is 1. The minimum atomic E-state index is -0.507. The van der Waals surface area contributed by atoms with Gasteiger partial charge in [0.2, 0.25) is 0 Å². The topological polar surface area (TPSA) is 98.5 Å². The highest BCUT2D eigenvalue weighted by molar-refractivity contribution is 5.93. The summed E-state index contributed by atoms with van der Waals surface area (Å²) in [4.78, 5) is 33.4. The molecule has 0 radical (unpaired) electrons. The monoisotopic (exact) mass is 308 g/mol. The minimum absolute atomic E-state index is 0.0490. The van der Waals surface area contributed by atoms with Crippen LogP contribution in [0.1, 0.15) is 32.8 Å². The van der Waals surface area contributed by atoms with Gasteiger partial charge in [-0.1, -0.05) is 20.8 Å². The second kappa shape index (κ2) is 7.02. The molecule has 22 heavy (non-hydrogen) atoms. The lowest BCUT2D eigenvalue weighted by atomic mass is 9.92. The van der Waals surface area contributed by atoms with Crippen LogP contribution in [0.2, 0.25) is 0 Å². The molecule has 0 saturated heterocycles. The Morgan fingerprint density at radius 2 is 1.95 bits per heavy atom. The highest BCUT2D eigenvalue weighted by Gasteiger charge is 2.18. The lowest BCUT2D eigenvalue weighted by Crippen LogP contribution is -2.23. The predicted octanol–water partition coefficient (Wildman–Crippen LogP) is 2.82. The summed E-state index contributed by atoms with van der Waals surface area (Å²) in [6, 6.07) is 4.11. The summed E-state index contributed by atoms with van der Waals surface area (Å²) in [6.07, 6.45) is 0.219. The second-order valence-electron chi connectivity index (χ2n) is 6.20. The van der Waals surface area contributed by atoms with Crippen LogP contribution in [0.25, 0.3) is 0 Å². The zero-order valence-corrected chi connectivity index (χ0v) is 13.1. The van der Waals surface area contributed by atoms with E-state index in [1.165, 1.54) is 18.2 Å². The minimum Gasteiger partial charge on any atom is -0.456 e. The van der Waals surface area contributed by atoms with Crippen LogP contribution >= 0.6 is 0 Å². The number of nitro benzene ring substituents is 1. The number of carbonyl (C=O) groups is 2. The van der Waals surface area contributed by atoms with Gasteiger partial charge < -0.3 is 10.1 Å². The molecule has 7 heteroatoms. The van der Waals surface area contributed by atoms with E-state index in [1.807, 2.05) is 20.8 Å². The molecule has 120 valence electrons. The molecule has 1 aromatic rings. The number of aryl methyl sites for hydroxylation is 1. The molecule has 1 amide bonds. The van der Waals surface area contributed by atoms with Crippen molar-refractivity contribution in [2.45, 2.75) is 34.1 Å². The second-order valence-corrected chi connectivity index (χ2v) is 6.20. The van der Waals surface area contributed by atoms with Crippen molar-refractivity contribution < 1.29 is 19.2 Å². The fourth-order valence-corrected chi connectivity index (χ4v) is 1.72. The Bertz CT molecular complexity index is 590. The Balaban J connectivity index is 2.56. The molecule has 1 aromatic carbocycles. The van der Waals surface area contributed by atoms with Crippen molar-refractivity contribution in [2.75, 3.05) is 11.9 Å². The molecule has 0 aromatic heterocycles. The van der Waals surface area contributed by atoms with Gasteiger partial charge in [-0.2, -0.15) is 0 Å². The van der Waals surface area contributed by atoms with Crippen molar-refractivity contribution >= 4 is 23.3 Å². The van der Waals surface area contributed by atoms with Gasteiger partial charge in [-0.05, 0) is 24.0 Å². The van der Waals surface area contributed by atoms with Gasteiger partial charge in [-0.25, -0.2) is 0 Å². The fourth-order valence-electron chi connectivity index (χ4n) is 1.72. The largest absolute Gasteiger partial charge is 0.456 e. The van der Waals surface area contributed by atoms with Crippen molar-refractivity contribution in [1.29, 1.82) is 0 Å². The van der Waals surface area contributed by atoms with Gasteiger partial charge in [0, 0.05) is 17.8 Å². The number of carbonyl (C=O) groups excluding carboxylic acids is 2. The van der Waals surface area contributed by atoms with Crippen LogP contribution in [-0.2, 0) is 14.3 Å². The number of nitro groups is 1. The summed E-state index contributed by atoms with van der Waals surface area (Å²) in [5.74, 6) is -0.928. The normalized spacial score (nSPS) is 10.9.